The Labute approximate surface area is 121 Å². The van der Waals surface area contributed by atoms with Gasteiger partial charge in [0.2, 0.25) is 0 Å². The molecule has 0 bridgehead atoms. The van der Waals surface area contributed by atoms with Crippen LogP contribution in [0.15, 0.2) is 54.7 Å². The molecule has 0 amide bonds. The number of benzene rings is 2. The predicted molar refractivity (Wildman–Crippen MR) is 79.1 cm³/mol. The molecular formula is C17H13FN2O. The Morgan fingerprint density at radius 3 is 2.52 bits per heavy atom. The molecular weight excluding hydrogens is 267 g/mol. The van der Waals surface area contributed by atoms with Crippen molar-refractivity contribution in [3.8, 4) is 16.9 Å². The maximum Gasteiger partial charge on any atom is 0.153 e. The van der Waals surface area contributed by atoms with Gasteiger partial charge in [0.1, 0.15) is 17.2 Å². The van der Waals surface area contributed by atoms with Crippen molar-refractivity contribution >= 4 is 6.29 Å². The molecule has 2 aromatic carbocycles. The molecule has 0 saturated heterocycles. The highest BCUT2D eigenvalue weighted by molar-refractivity contribution is 5.86. The van der Waals surface area contributed by atoms with Crippen LogP contribution in [0.1, 0.15) is 15.9 Å². The molecule has 0 spiro atoms. The van der Waals surface area contributed by atoms with E-state index in [0.717, 1.165) is 17.4 Å². The quantitative estimate of drug-likeness (QED) is 0.684. The fraction of sp³-hybridized carbons (Fsp3) is 0.0588. The molecule has 0 aliphatic heterocycles. The van der Waals surface area contributed by atoms with Gasteiger partial charge in [-0.2, -0.15) is 5.10 Å². The minimum Gasteiger partial charge on any atom is -0.298 e. The zero-order chi connectivity index (χ0) is 14.8. The second kappa shape index (κ2) is 5.32. The third kappa shape index (κ3) is 2.36. The third-order valence-corrected chi connectivity index (χ3v) is 3.37. The van der Waals surface area contributed by atoms with Gasteiger partial charge in [-0.25, -0.2) is 9.07 Å². The Balaban J connectivity index is 2.18. The van der Waals surface area contributed by atoms with Gasteiger partial charge in [0.25, 0.3) is 0 Å². The van der Waals surface area contributed by atoms with Gasteiger partial charge < -0.3 is 0 Å². The van der Waals surface area contributed by atoms with Crippen LogP contribution < -0.4 is 0 Å². The summed E-state index contributed by atoms with van der Waals surface area (Å²) in [6.07, 6.45) is 2.29. The summed E-state index contributed by atoms with van der Waals surface area (Å²) in [4.78, 5) is 11.3. The predicted octanol–water partition coefficient (Wildman–Crippen LogP) is 3.80. The lowest BCUT2D eigenvalue weighted by molar-refractivity contribution is 0.112. The van der Waals surface area contributed by atoms with Crippen molar-refractivity contribution in [2.75, 3.05) is 0 Å². The fourth-order valence-electron chi connectivity index (χ4n) is 2.28. The van der Waals surface area contributed by atoms with E-state index < -0.39 is 0 Å². The summed E-state index contributed by atoms with van der Waals surface area (Å²) in [5.41, 5.74) is 3.20. The Hall–Kier alpha value is -2.75. The molecule has 3 aromatic rings. The maximum atomic E-state index is 13.9. The minimum atomic E-state index is -0.381. The van der Waals surface area contributed by atoms with Crippen LogP contribution in [0, 0.1) is 12.7 Å². The Morgan fingerprint density at radius 1 is 1.10 bits per heavy atom. The first kappa shape index (κ1) is 13.2. The van der Waals surface area contributed by atoms with Crippen LogP contribution in [-0.2, 0) is 0 Å². The van der Waals surface area contributed by atoms with E-state index in [0.29, 0.717) is 16.9 Å². The van der Waals surface area contributed by atoms with Crippen LogP contribution >= 0.6 is 0 Å². The zero-order valence-electron chi connectivity index (χ0n) is 11.5. The molecule has 0 saturated carbocycles. The van der Waals surface area contributed by atoms with E-state index in [4.69, 9.17) is 0 Å². The molecule has 1 aromatic heterocycles. The Kier molecular flexibility index (Phi) is 3.36. The molecule has 0 atom stereocenters. The lowest BCUT2D eigenvalue weighted by Crippen LogP contribution is -1.98. The van der Waals surface area contributed by atoms with Crippen molar-refractivity contribution in [2.45, 2.75) is 6.92 Å². The number of aldehydes is 1. The van der Waals surface area contributed by atoms with Gasteiger partial charge in [0.05, 0.1) is 5.56 Å². The van der Waals surface area contributed by atoms with Crippen molar-refractivity contribution in [3.63, 3.8) is 0 Å². The molecule has 0 fully saturated rings. The van der Waals surface area contributed by atoms with Crippen molar-refractivity contribution in [1.82, 2.24) is 9.78 Å². The normalized spacial score (nSPS) is 10.6. The van der Waals surface area contributed by atoms with Crippen molar-refractivity contribution in [3.05, 3.63) is 71.7 Å². The minimum absolute atomic E-state index is 0.320. The van der Waals surface area contributed by atoms with E-state index in [9.17, 15) is 9.18 Å². The number of carbonyl (C=O) groups excluding carboxylic acids is 1. The molecule has 0 N–H and O–H groups in total. The zero-order valence-corrected chi connectivity index (χ0v) is 11.5. The first-order valence-corrected chi connectivity index (χ1v) is 6.56. The van der Waals surface area contributed by atoms with Gasteiger partial charge >= 0.3 is 0 Å². The van der Waals surface area contributed by atoms with Crippen LogP contribution in [0.25, 0.3) is 16.9 Å². The summed E-state index contributed by atoms with van der Waals surface area (Å²) in [6, 6.07) is 14.0. The molecule has 1 heterocycles. The molecule has 0 radical (unpaired) electrons. The van der Waals surface area contributed by atoms with E-state index in [1.165, 1.54) is 10.7 Å². The molecule has 21 heavy (non-hydrogen) atoms. The maximum absolute atomic E-state index is 13.9. The number of hydrogen-bond acceptors (Lipinski definition) is 2. The van der Waals surface area contributed by atoms with Crippen LogP contribution in [0.3, 0.4) is 0 Å². The summed E-state index contributed by atoms with van der Waals surface area (Å²) >= 11 is 0. The largest absolute Gasteiger partial charge is 0.298 e. The standard InChI is InChI=1S/C17H13FN2O/c1-12-6-2-3-7-14(12)17-13(11-21)10-20(19-17)16-9-5-4-8-15(16)18/h2-11H,1H3. The summed E-state index contributed by atoms with van der Waals surface area (Å²) in [6.45, 7) is 1.95. The van der Waals surface area contributed by atoms with Crippen LogP contribution in [0.4, 0.5) is 4.39 Å². The number of hydrogen-bond donors (Lipinski definition) is 0. The fourth-order valence-corrected chi connectivity index (χ4v) is 2.28. The SMILES string of the molecule is Cc1ccccc1-c1nn(-c2ccccc2F)cc1C=O. The topological polar surface area (TPSA) is 34.9 Å². The highest BCUT2D eigenvalue weighted by Gasteiger charge is 2.14. The summed E-state index contributed by atoms with van der Waals surface area (Å²) in [5, 5.41) is 4.39. The van der Waals surface area contributed by atoms with E-state index >= 15 is 0 Å². The summed E-state index contributed by atoms with van der Waals surface area (Å²) in [5.74, 6) is -0.381. The first-order valence-electron chi connectivity index (χ1n) is 6.56. The highest BCUT2D eigenvalue weighted by atomic mass is 19.1. The van der Waals surface area contributed by atoms with E-state index in [1.54, 1.807) is 24.4 Å². The monoisotopic (exact) mass is 280 g/mol. The number of rotatable bonds is 3. The van der Waals surface area contributed by atoms with Gasteiger partial charge in [0.15, 0.2) is 6.29 Å². The first-order chi connectivity index (χ1) is 10.2. The van der Waals surface area contributed by atoms with Gasteiger partial charge in [-0.1, -0.05) is 36.4 Å². The van der Waals surface area contributed by atoms with Crippen LogP contribution in [0.5, 0.6) is 0 Å². The van der Waals surface area contributed by atoms with Gasteiger partial charge in [-0.05, 0) is 24.6 Å². The lowest BCUT2D eigenvalue weighted by atomic mass is 10.0. The number of para-hydroxylation sites is 1. The molecule has 3 nitrogen and oxygen atoms in total. The second-order valence-electron chi connectivity index (χ2n) is 4.76. The lowest BCUT2D eigenvalue weighted by Gasteiger charge is -2.04. The molecule has 0 unspecified atom stereocenters. The van der Waals surface area contributed by atoms with Gasteiger partial charge in [-0.15, -0.1) is 0 Å². The number of carbonyl (C=O) groups is 1. The van der Waals surface area contributed by atoms with Crippen molar-refractivity contribution < 1.29 is 9.18 Å². The average Bonchev–Trinajstić information content (AvgIpc) is 2.92. The number of nitrogens with zero attached hydrogens (tertiary/aromatic N) is 2. The number of halogens is 1. The molecule has 0 aliphatic carbocycles. The van der Waals surface area contributed by atoms with E-state index in [1.807, 2.05) is 31.2 Å². The van der Waals surface area contributed by atoms with Crippen molar-refractivity contribution in [1.29, 1.82) is 0 Å². The van der Waals surface area contributed by atoms with Crippen molar-refractivity contribution in [2.24, 2.45) is 0 Å². The molecule has 3 rings (SSSR count). The number of aromatic nitrogens is 2. The van der Waals surface area contributed by atoms with E-state index in [2.05, 4.69) is 5.10 Å². The number of aryl methyl sites for hydroxylation is 1. The van der Waals surface area contributed by atoms with Gasteiger partial charge in [-0.3, -0.25) is 4.79 Å². The molecule has 4 heteroatoms. The Morgan fingerprint density at radius 2 is 1.81 bits per heavy atom. The summed E-state index contributed by atoms with van der Waals surface area (Å²) in [7, 11) is 0. The average molecular weight is 280 g/mol. The summed E-state index contributed by atoms with van der Waals surface area (Å²) < 4.78 is 15.3. The second-order valence-corrected chi connectivity index (χ2v) is 4.76. The van der Waals surface area contributed by atoms with E-state index in [-0.39, 0.29) is 5.82 Å². The highest BCUT2D eigenvalue weighted by Crippen LogP contribution is 2.26. The Bertz CT molecular complexity index is 808. The van der Waals surface area contributed by atoms with Gasteiger partial charge in [0, 0.05) is 11.8 Å². The third-order valence-electron chi connectivity index (χ3n) is 3.37. The van der Waals surface area contributed by atoms with Crippen LogP contribution in [0.2, 0.25) is 0 Å². The molecule has 104 valence electrons. The smallest absolute Gasteiger partial charge is 0.153 e. The van der Waals surface area contributed by atoms with Crippen LogP contribution in [-0.4, -0.2) is 16.1 Å². The molecule has 0 aliphatic rings.